The minimum absolute atomic E-state index is 2.21. The Morgan fingerprint density at radius 2 is 0.229 bits per heavy atom. The number of ether oxygens (including phenoxy) is 2. The Balaban J connectivity index is 2.76. The van der Waals surface area contributed by atoms with E-state index in [0.717, 1.165) is 0 Å². The van der Waals surface area contributed by atoms with Crippen LogP contribution in [0.3, 0.4) is 0 Å². The summed E-state index contributed by atoms with van der Waals surface area (Å²) in [6.45, 7) is 0. The van der Waals surface area contributed by atoms with E-state index in [2.05, 4.69) is 9.47 Å². The molecule has 0 unspecified atom stereocenters. The lowest BCUT2D eigenvalue weighted by Crippen LogP contribution is -2.32. The molecule has 3 aromatic carbocycles. The van der Waals surface area contributed by atoms with Crippen molar-refractivity contribution in [2.24, 2.45) is 0 Å². The molecule has 0 fully saturated rings. The first-order chi connectivity index (χ1) is 32.1. The van der Waals surface area contributed by atoms with Gasteiger partial charge in [-0.25, -0.2) is 86.3 Å². The number of benzene rings is 3. The van der Waals surface area contributed by atoms with Crippen LogP contribution in [0.15, 0.2) is 0 Å². The molecule has 0 aliphatic heterocycles. The number of esters is 4. The highest BCUT2D eigenvalue weighted by atomic mass is 16.6. The molecule has 0 radical (unpaired) electrons. The standard InChI is InChI=1S/C36H14O34/c37-19(38)1-3(21(41)42)9(27(53)54)15(10(28(55)56)4(1)22(43)44)33(65)69-35(67)17-13(31(61)62)7(25(49)50)8(26(51)52)14(32(63)64)18(17)36(68)70-34(66)16-11(29(57)58)5(23(45)46)2(20(39)40)6(24(47)48)12(16)30(59)60/h(H,37,38)(H,39,40)(H,41,42)(H,43,44)(H,45,46)(H,47,48)(H,49,50)(H,51,52)(H,53,54)(H,55,56)(H,57,58)(H,59,60)(H,61,62)(H,63,64). The molecule has 0 saturated carbocycles. The molecular weight excluding hydrogens is 976 g/mol. The van der Waals surface area contributed by atoms with Crippen molar-refractivity contribution in [3.8, 4) is 0 Å². The summed E-state index contributed by atoms with van der Waals surface area (Å²) in [7, 11) is 0. The Bertz CT molecular complexity index is 2870. The van der Waals surface area contributed by atoms with Crippen molar-refractivity contribution < 1.29 is 167 Å². The predicted molar refractivity (Wildman–Crippen MR) is 196 cm³/mol. The molecule has 362 valence electrons. The summed E-state index contributed by atoms with van der Waals surface area (Å²) in [5.74, 6) is -52.9. The molecule has 0 aromatic heterocycles. The van der Waals surface area contributed by atoms with Gasteiger partial charge in [0, 0.05) is 0 Å². The lowest BCUT2D eigenvalue weighted by molar-refractivity contribution is 0.0345. The third-order valence-corrected chi connectivity index (χ3v) is 8.68. The van der Waals surface area contributed by atoms with Crippen LogP contribution in [0.1, 0.15) is 186 Å². The number of hydrogen-bond donors (Lipinski definition) is 14. The van der Waals surface area contributed by atoms with Gasteiger partial charge in [-0.05, 0) is 0 Å². The zero-order valence-corrected chi connectivity index (χ0v) is 32.4. The summed E-state index contributed by atoms with van der Waals surface area (Å²) in [4.78, 5) is 228. The molecule has 0 heterocycles. The predicted octanol–water partition coefficient (Wildman–Crippen LogP) is -0.544. The summed E-state index contributed by atoms with van der Waals surface area (Å²) >= 11 is 0. The van der Waals surface area contributed by atoms with Crippen molar-refractivity contribution in [3.05, 3.63) is 100 Å². The maximum Gasteiger partial charge on any atom is 0.347 e. The van der Waals surface area contributed by atoms with Gasteiger partial charge in [0.15, 0.2) is 0 Å². The SMILES string of the molecule is O=C(O)c1c(C(=O)O)c(C(=O)O)c(C(=O)OC(=O)c2c(C(=O)O)c(C(=O)O)c(C(=O)O)c(C(=O)O)c2C(=O)OC(=O)c2c(C(=O)O)c(C(=O)O)c(C(=O)O)c(C(=O)O)c2C(=O)O)c(C(=O)O)c1C(=O)O. The summed E-state index contributed by atoms with van der Waals surface area (Å²) in [5, 5.41) is 137. The van der Waals surface area contributed by atoms with Crippen molar-refractivity contribution >= 4 is 107 Å². The van der Waals surface area contributed by atoms with Crippen LogP contribution in [0.4, 0.5) is 0 Å². The Kier molecular flexibility index (Phi) is 14.3. The quantitative estimate of drug-likeness (QED) is 0.0562. The average Bonchev–Trinajstić information content (AvgIpc) is 3.21. The van der Waals surface area contributed by atoms with Crippen LogP contribution in [0.25, 0.3) is 0 Å². The van der Waals surface area contributed by atoms with E-state index in [4.69, 9.17) is 0 Å². The number of aromatic carboxylic acids is 14. The lowest BCUT2D eigenvalue weighted by Gasteiger charge is -2.20. The Hall–Kier alpha value is -11.5. The summed E-state index contributed by atoms with van der Waals surface area (Å²) in [6, 6.07) is 0. The molecule has 0 aliphatic rings. The van der Waals surface area contributed by atoms with Gasteiger partial charge >= 0.3 is 107 Å². The van der Waals surface area contributed by atoms with Crippen LogP contribution in [-0.4, -0.2) is 179 Å². The van der Waals surface area contributed by atoms with E-state index in [0.29, 0.717) is 0 Å². The van der Waals surface area contributed by atoms with Crippen molar-refractivity contribution in [1.82, 2.24) is 0 Å². The highest BCUT2D eigenvalue weighted by Crippen LogP contribution is 2.36. The van der Waals surface area contributed by atoms with Crippen LogP contribution >= 0.6 is 0 Å². The van der Waals surface area contributed by atoms with Crippen molar-refractivity contribution in [1.29, 1.82) is 0 Å². The largest absolute Gasteiger partial charge is 0.478 e. The third-order valence-electron chi connectivity index (χ3n) is 8.68. The Labute approximate surface area is 374 Å². The molecule has 34 heteroatoms. The van der Waals surface area contributed by atoms with E-state index < -0.39 is 208 Å². The van der Waals surface area contributed by atoms with Crippen molar-refractivity contribution in [2.75, 3.05) is 0 Å². The number of carboxylic acids is 14. The summed E-state index contributed by atoms with van der Waals surface area (Å²) < 4.78 is 8.33. The second-order valence-electron chi connectivity index (χ2n) is 12.4. The molecule has 70 heavy (non-hydrogen) atoms. The average molecular weight is 990 g/mol. The molecule has 3 aromatic rings. The lowest BCUT2D eigenvalue weighted by atomic mass is 9.85. The van der Waals surface area contributed by atoms with E-state index in [9.17, 15) is 158 Å². The fourth-order valence-electron chi connectivity index (χ4n) is 6.43. The number of rotatable bonds is 18. The number of hydrogen-bond acceptors (Lipinski definition) is 20. The van der Waals surface area contributed by atoms with Gasteiger partial charge in [-0.2, -0.15) is 0 Å². The molecule has 0 amide bonds. The van der Waals surface area contributed by atoms with Gasteiger partial charge in [0.05, 0.1) is 100 Å². The molecule has 0 spiro atoms. The maximum absolute atomic E-state index is 14.0. The molecule has 0 aliphatic carbocycles. The molecule has 3 rings (SSSR count). The van der Waals surface area contributed by atoms with Crippen LogP contribution < -0.4 is 0 Å². The van der Waals surface area contributed by atoms with E-state index in [1.807, 2.05) is 0 Å². The summed E-state index contributed by atoms with van der Waals surface area (Å²) in [6.07, 6.45) is 0. The molecule has 0 bridgehead atoms. The van der Waals surface area contributed by atoms with Gasteiger partial charge in [-0.15, -0.1) is 0 Å². The van der Waals surface area contributed by atoms with Crippen LogP contribution in [0, 0.1) is 0 Å². The van der Waals surface area contributed by atoms with Gasteiger partial charge in [0.1, 0.15) is 0 Å². The monoisotopic (exact) mass is 990 g/mol. The zero-order valence-electron chi connectivity index (χ0n) is 32.4. The van der Waals surface area contributed by atoms with Gasteiger partial charge in [0.2, 0.25) is 0 Å². The minimum atomic E-state index is -3.21. The molecular formula is C36H14O34. The third kappa shape index (κ3) is 8.82. The maximum atomic E-state index is 14.0. The Morgan fingerprint density at radius 3 is 0.314 bits per heavy atom. The second-order valence-corrected chi connectivity index (χ2v) is 12.4. The number of carbonyl (C=O) groups excluding carboxylic acids is 4. The zero-order chi connectivity index (χ0) is 54.2. The highest BCUT2D eigenvalue weighted by molar-refractivity contribution is 6.29. The Morgan fingerprint density at radius 1 is 0.157 bits per heavy atom. The summed E-state index contributed by atoms with van der Waals surface area (Å²) in [5.41, 5.74) is -43.7. The van der Waals surface area contributed by atoms with Crippen LogP contribution in [0.2, 0.25) is 0 Å². The van der Waals surface area contributed by atoms with E-state index in [-0.39, 0.29) is 0 Å². The molecule has 0 saturated heterocycles. The van der Waals surface area contributed by atoms with Gasteiger partial charge in [-0.3, -0.25) is 0 Å². The van der Waals surface area contributed by atoms with E-state index >= 15 is 0 Å². The number of carboxylic acid groups (broad SMARTS) is 14. The van der Waals surface area contributed by atoms with Crippen molar-refractivity contribution in [3.63, 3.8) is 0 Å². The van der Waals surface area contributed by atoms with Crippen molar-refractivity contribution in [2.45, 2.75) is 0 Å². The fraction of sp³-hybridized carbons (Fsp3) is 0. The first kappa shape index (κ1) is 52.9. The molecule has 34 nitrogen and oxygen atoms in total. The van der Waals surface area contributed by atoms with Crippen LogP contribution in [-0.2, 0) is 9.47 Å². The molecule has 14 N–H and O–H groups in total. The topological polar surface area (TPSA) is 609 Å². The molecule has 0 atom stereocenters. The minimum Gasteiger partial charge on any atom is -0.478 e. The van der Waals surface area contributed by atoms with E-state index in [1.54, 1.807) is 0 Å². The first-order valence-corrected chi connectivity index (χ1v) is 16.6. The normalized spacial score (nSPS) is 10.4. The fourth-order valence-corrected chi connectivity index (χ4v) is 6.43. The highest BCUT2D eigenvalue weighted by Gasteiger charge is 2.47. The number of carbonyl (C=O) groups is 18. The van der Waals surface area contributed by atoms with Crippen LogP contribution in [0.5, 0.6) is 0 Å². The second kappa shape index (κ2) is 18.9. The van der Waals surface area contributed by atoms with Gasteiger partial charge in [-0.1, -0.05) is 0 Å². The van der Waals surface area contributed by atoms with Gasteiger partial charge in [0.25, 0.3) is 0 Å². The van der Waals surface area contributed by atoms with Gasteiger partial charge < -0.3 is 81.0 Å². The first-order valence-electron chi connectivity index (χ1n) is 16.6. The van der Waals surface area contributed by atoms with E-state index in [1.165, 1.54) is 0 Å². The smallest absolute Gasteiger partial charge is 0.347 e.